The molecule has 0 aliphatic heterocycles. The lowest BCUT2D eigenvalue weighted by Gasteiger charge is -2.33. The number of rotatable bonds is 4. The van der Waals surface area contributed by atoms with Crippen molar-refractivity contribution < 1.29 is 40.2 Å². The van der Waals surface area contributed by atoms with Gasteiger partial charge in [0.2, 0.25) is 0 Å². The summed E-state index contributed by atoms with van der Waals surface area (Å²) in [4.78, 5) is 25.1. The van der Waals surface area contributed by atoms with Crippen LogP contribution in [0.5, 0.6) is 34.5 Å². The van der Waals surface area contributed by atoms with Crippen LogP contribution in [0.4, 0.5) is 0 Å². The molecule has 160 valence electrons. The maximum Gasteiger partial charge on any atom is 0.251 e. The van der Waals surface area contributed by atoms with Crippen molar-refractivity contribution >= 4 is 11.8 Å². The van der Waals surface area contributed by atoms with Gasteiger partial charge < -0.3 is 41.3 Å². The standard InChI is InChI=1S/C20H22N2O8/c23-13-5-9(6-14(24)17(13)27)19(29)21-11-3-1-2-4-12(11)22-20(30)10-7-15(25)18(28)16(26)8-10/h5-8,11-12,23-28H,1-4H2,(H,21,29)(H,22,30)/t11-,12+. The van der Waals surface area contributed by atoms with E-state index in [0.29, 0.717) is 12.8 Å². The fraction of sp³-hybridized carbons (Fsp3) is 0.300. The van der Waals surface area contributed by atoms with E-state index in [-0.39, 0.29) is 11.1 Å². The van der Waals surface area contributed by atoms with Gasteiger partial charge in [0.1, 0.15) is 0 Å². The van der Waals surface area contributed by atoms with Crippen LogP contribution in [0, 0.1) is 0 Å². The molecule has 1 aliphatic rings. The second-order valence-corrected chi connectivity index (χ2v) is 7.17. The molecule has 0 bridgehead atoms. The molecule has 0 spiro atoms. The Bertz CT molecular complexity index is 865. The summed E-state index contributed by atoms with van der Waals surface area (Å²) < 4.78 is 0. The van der Waals surface area contributed by atoms with Gasteiger partial charge in [-0.25, -0.2) is 0 Å². The van der Waals surface area contributed by atoms with E-state index >= 15 is 0 Å². The first-order chi connectivity index (χ1) is 14.2. The van der Waals surface area contributed by atoms with E-state index in [1.54, 1.807) is 0 Å². The Labute approximate surface area is 171 Å². The van der Waals surface area contributed by atoms with Gasteiger partial charge in [-0.2, -0.15) is 0 Å². The number of phenols is 6. The minimum absolute atomic E-state index is 0.0631. The molecule has 2 amide bonds. The molecular weight excluding hydrogens is 396 g/mol. The highest BCUT2D eigenvalue weighted by Crippen LogP contribution is 2.36. The minimum atomic E-state index is -0.727. The summed E-state index contributed by atoms with van der Waals surface area (Å²) in [5.41, 5.74) is -0.126. The average Bonchev–Trinajstić information content (AvgIpc) is 2.70. The Kier molecular flexibility index (Phi) is 5.77. The number of amides is 2. The van der Waals surface area contributed by atoms with Crippen LogP contribution in [-0.2, 0) is 0 Å². The van der Waals surface area contributed by atoms with Gasteiger partial charge in [-0.05, 0) is 37.1 Å². The van der Waals surface area contributed by atoms with Crippen molar-refractivity contribution in [1.29, 1.82) is 0 Å². The van der Waals surface area contributed by atoms with E-state index in [1.807, 2.05) is 0 Å². The lowest BCUT2D eigenvalue weighted by atomic mass is 9.89. The van der Waals surface area contributed by atoms with Crippen LogP contribution < -0.4 is 10.6 Å². The number of hydrogen-bond donors (Lipinski definition) is 8. The molecule has 2 aromatic rings. The van der Waals surface area contributed by atoms with Crippen molar-refractivity contribution in [2.75, 3.05) is 0 Å². The SMILES string of the molecule is O=C(N[C@H]1CCCC[C@H]1NC(=O)c1cc(O)c(O)c(O)c1)c1cc(O)c(O)c(O)c1. The molecule has 2 atom stereocenters. The molecule has 0 aromatic heterocycles. The van der Waals surface area contributed by atoms with Crippen LogP contribution in [0.15, 0.2) is 24.3 Å². The van der Waals surface area contributed by atoms with Crippen LogP contribution in [0.1, 0.15) is 46.4 Å². The first-order valence-corrected chi connectivity index (χ1v) is 9.29. The molecule has 0 unspecified atom stereocenters. The van der Waals surface area contributed by atoms with Crippen molar-refractivity contribution in [2.24, 2.45) is 0 Å². The quantitative estimate of drug-likeness (QED) is 0.343. The normalized spacial score (nSPS) is 18.5. The van der Waals surface area contributed by atoms with E-state index in [2.05, 4.69) is 10.6 Å². The number of hydrogen-bond acceptors (Lipinski definition) is 8. The summed E-state index contributed by atoms with van der Waals surface area (Å²) in [7, 11) is 0. The molecule has 1 aliphatic carbocycles. The van der Waals surface area contributed by atoms with Gasteiger partial charge >= 0.3 is 0 Å². The predicted octanol–water partition coefficient (Wildman–Crippen LogP) is 1.39. The molecule has 3 rings (SSSR count). The number of carbonyl (C=O) groups excluding carboxylic acids is 2. The molecule has 0 saturated heterocycles. The second kappa shape index (κ2) is 8.27. The van der Waals surface area contributed by atoms with Gasteiger partial charge in [0, 0.05) is 23.2 Å². The summed E-state index contributed by atoms with van der Waals surface area (Å²) >= 11 is 0. The van der Waals surface area contributed by atoms with Crippen molar-refractivity contribution in [3.05, 3.63) is 35.4 Å². The summed E-state index contributed by atoms with van der Waals surface area (Å²) in [6.07, 6.45) is 2.76. The Morgan fingerprint density at radius 3 is 1.23 bits per heavy atom. The maximum atomic E-state index is 12.5. The summed E-state index contributed by atoms with van der Waals surface area (Å²) in [6, 6.07) is 3.16. The van der Waals surface area contributed by atoms with Crippen LogP contribution in [0.3, 0.4) is 0 Å². The van der Waals surface area contributed by atoms with Gasteiger partial charge in [0.15, 0.2) is 34.5 Å². The predicted molar refractivity (Wildman–Crippen MR) is 104 cm³/mol. The molecule has 10 nitrogen and oxygen atoms in total. The Morgan fingerprint density at radius 2 is 0.933 bits per heavy atom. The van der Waals surface area contributed by atoms with Crippen molar-refractivity contribution in [3.8, 4) is 34.5 Å². The van der Waals surface area contributed by atoms with Crippen LogP contribution in [0.2, 0.25) is 0 Å². The highest BCUT2D eigenvalue weighted by molar-refractivity contribution is 5.97. The van der Waals surface area contributed by atoms with E-state index in [4.69, 9.17) is 0 Å². The molecule has 30 heavy (non-hydrogen) atoms. The average molecular weight is 418 g/mol. The van der Waals surface area contributed by atoms with Crippen LogP contribution in [0.25, 0.3) is 0 Å². The van der Waals surface area contributed by atoms with E-state index < -0.39 is 58.4 Å². The Hall–Kier alpha value is -3.82. The summed E-state index contributed by atoms with van der Waals surface area (Å²) in [5.74, 6) is -5.22. The van der Waals surface area contributed by atoms with E-state index in [9.17, 15) is 40.2 Å². The van der Waals surface area contributed by atoms with Gasteiger partial charge in [0.05, 0.1) is 0 Å². The first kappa shape index (κ1) is 20.9. The maximum absolute atomic E-state index is 12.5. The van der Waals surface area contributed by atoms with Gasteiger partial charge in [-0.15, -0.1) is 0 Å². The molecule has 2 aromatic carbocycles. The number of benzene rings is 2. The lowest BCUT2D eigenvalue weighted by Crippen LogP contribution is -2.53. The molecule has 1 fully saturated rings. The largest absolute Gasteiger partial charge is 0.504 e. The molecule has 0 radical (unpaired) electrons. The number of phenolic OH excluding ortho intramolecular Hbond substituents is 6. The monoisotopic (exact) mass is 418 g/mol. The van der Waals surface area contributed by atoms with Crippen molar-refractivity contribution in [2.45, 2.75) is 37.8 Å². The van der Waals surface area contributed by atoms with Gasteiger partial charge in [-0.1, -0.05) is 12.8 Å². The molecule has 8 N–H and O–H groups in total. The van der Waals surface area contributed by atoms with Crippen LogP contribution in [-0.4, -0.2) is 54.5 Å². The second-order valence-electron chi connectivity index (χ2n) is 7.17. The fourth-order valence-corrected chi connectivity index (χ4v) is 3.45. The molecular formula is C20H22N2O8. The lowest BCUT2D eigenvalue weighted by molar-refractivity contribution is 0.0862. The van der Waals surface area contributed by atoms with Gasteiger partial charge in [0.25, 0.3) is 11.8 Å². The molecule has 10 heteroatoms. The third-order valence-corrected chi connectivity index (χ3v) is 5.06. The van der Waals surface area contributed by atoms with Gasteiger partial charge in [-0.3, -0.25) is 9.59 Å². The smallest absolute Gasteiger partial charge is 0.251 e. The zero-order valence-corrected chi connectivity index (χ0v) is 15.8. The number of carbonyl (C=O) groups is 2. The third kappa shape index (κ3) is 4.27. The zero-order chi connectivity index (χ0) is 22.0. The fourth-order valence-electron chi connectivity index (χ4n) is 3.45. The third-order valence-electron chi connectivity index (χ3n) is 5.06. The summed E-state index contributed by atoms with van der Waals surface area (Å²) in [5, 5.41) is 62.7. The number of nitrogens with one attached hydrogen (secondary N) is 2. The van der Waals surface area contributed by atoms with Crippen molar-refractivity contribution in [3.63, 3.8) is 0 Å². The number of aromatic hydroxyl groups is 6. The zero-order valence-electron chi connectivity index (χ0n) is 15.8. The molecule has 1 saturated carbocycles. The summed E-state index contributed by atoms with van der Waals surface area (Å²) in [6.45, 7) is 0. The highest BCUT2D eigenvalue weighted by atomic mass is 16.3. The Morgan fingerprint density at radius 1 is 0.633 bits per heavy atom. The topological polar surface area (TPSA) is 180 Å². The van der Waals surface area contributed by atoms with Crippen molar-refractivity contribution in [1.82, 2.24) is 10.6 Å². The Balaban J connectivity index is 1.73. The van der Waals surface area contributed by atoms with E-state index in [1.165, 1.54) is 0 Å². The highest BCUT2D eigenvalue weighted by Gasteiger charge is 2.29. The van der Waals surface area contributed by atoms with Crippen LogP contribution >= 0.6 is 0 Å². The van der Waals surface area contributed by atoms with E-state index in [0.717, 1.165) is 37.1 Å². The minimum Gasteiger partial charge on any atom is -0.504 e. The first-order valence-electron chi connectivity index (χ1n) is 9.29. The molecule has 0 heterocycles.